The molecule has 2 aromatic rings. The third-order valence-corrected chi connectivity index (χ3v) is 2.91. The molecule has 5 heteroatoms. The standard InChI is InChI=1S/C15H15FN2O2/c1-10-3-5-12(16)7-14(10)18-9-13-6-4-11(8-17-13)15(19)20-2/h3-8,18H,9H2,1-2H3. The van der Waals surface area contributed by atoms with Crippen molar-refractivity contribution < 1.29 is 13.9 Å². The molecule has 0 saturated carbocycles. The van der Waals surface area contributed by atoms with Crippen LogP contribution in [0.4, 0.5) is 10.1 Å². The molecule has 0 spiro atoms. The SMILES string of the molecule is COC(=O)c1ccc(CNc2cc(F)ccc2C)nc1. The molecule has 20 heavy (non-hydrogen) atoms. The number of rotatable bonds is 4. The van der Waals surface area contributed by atoms with Gasteiger partial charge in [0.05, 0.1) is 24.9 Å². The van der Waals surface area contributed by atoms with Crippen molar-refractivity contribution in [2.45, 2.75) is 13.5 Å². The number of carbonyl (C=O) groups excluding carboxylic acids is 1. The summed E-state index contributed by atoms with van der Waals surface area (Å²) in [5.74, 6) is -0.704. The first kappa shape index (κ1) is 14.0. The minimum absolute atomic E-state index is 0.285. The number of aryl methyl sites for hydroxylation is 1. The zero-order valence-electron chi connectivity index (χ0n) is 11.3. The lowest BCUT2D eigenvalue weighted by atomic mass is 10.2. The highest BCUT2D eigenvalue weighted by atomic mass is 19.1. The zero-order chi connectivity index (χ0) is 14.5. The molecule has 104 valence electrons. The number of anilines is 1. The van der Waals surface area contributed by atoms with Crippen LogP contribution in [0.2, 0.25) is 0 Å². The highest BCUT2D eigenvalue weighted by Crippen LogP contribution is 2.16. The van der Waals surface area contributed by atoms with Crippen molar-refractivity contribution in [1.82, 2.24) is 4.98 Å². The number of nitrogens with zero attached hydrogens (tertiary/aromatic N) is 1. The molecule has 2 rings (SSSR count). The summed E-state index contributed by atoms with van der Waals surface area (Å²) in [5, 5.41) is 3.11. The molecule has 0 radical (unpaired) electrons. The van der Waals surface area contributed by atoms with Crippen LogP contribution in [0.3, 0.4) is 0 Å². The summed E-state index contributed by atoms with van der Waals surface area (Å²) < 4.78 is 17.7. The van der Waals surface area contributed by atoms with Crippen molar-refractivity contribution in [2.75, 3.05) is 12.4 Å². The second-order valence-corrected chi connectivity index (χ2v) is 4.34. The summed E-state index contributed by atoms with van der Waals surface area (Å²) in [6, 6.07) is 7.95. The lowest BCUT2D eigenvalue weighted by Gasteiger charge is -2.09. The van der Waals surface area contributed by atoms with Gasteiger partial charge in [-0.15, -0.1) is 0 Å². The van der Waals surface area contributed by atoms with Crippen molar-refractivity contribution in [1.29, 1.82) is 0 Å². The van der Waals surface area contributed by atoms with Crippen molar-refractivity contribution in [3.05, 3.63) is 59.2 Å². The van der Waals surface area contributed by atoms with E-state index in [2.05, 4.69) is 15.0 Å². The summed E-state index contributed by atoms with van der Waals surface area (Å²) >= 11 is 0. The van der Waals surface area contributed by atoms with Gasteiger partial charge < -0.3 is 10.1 Å². The second-order valence-electron chi connectivity index (χ2n) is 4.34. The second kappa shape index (κ2) is 6.14. The monoisotopic (exact) mass is 274 g/mol. The van der Waals surface area contributed by atoms with Gasteiger partial charge in [-0.1, -0.05) is 6.07 Å². The lowest BCUT2D eigenvalue weighted by Crippen LogP contribution is -2.06. The smallest absolute Gasteiger partial charge is 0.339 e. The van der Waals surface area contributed by atoms with Gasteiger partial charge in [0, 0.05) is 11.9 Å². The molecule has 1 aromatic heterocycles. The molecule has 0 unspecified atom stereocenters. The topological polar surface area (TPSA) is 51.2 Å². The molecule has 0 aliphatic carbocycles. The van der Waals surface area contributed by atoms with Crippen LogP contribution < -0.4 is 5.32 Å². The van der Waals surface area contributed by atoms with E-state index in [1.807, 2.05) is 6.92 Å². The van der Waals surface area contributed by atoms with E-state index in [9.17, 15) is 9.18 Å². The Morgan fingerprint density at radius 2 is 2.15 bits per heavy atom. The van der Waals surface area contributed by atoms with Crippen molar-refractivity contribution in [2.24, 2.45) is 0 Å². The average Bonchev–Trinajstić information content (AvgIpc) is 2.48. The molecular formula is C15H15FN2O2. The molecule has 1 N–H and O–H groups in total. The predicted molar refractivity (Wildman–Crippen MR) is 74.0 cm³/mol. The number of hydrogen-bond donors (Lipinski definition) is 1. The maximum absolute atomic E-state index is 13.1. The van der Waals surface area contributed by atoms with Crippen LogP contribution in [-0.4, -0.2) is 18.1 Å². The highest BCUT2D eigenvalue weighted by molar-refractivity contribution is 5.88. The fraction of sp³-hybridized carbons (Fsp3) is 0.200. The summed E-state index contributed by atoms with van der Waals surface area (Å²) in [4.78, 5) is 15.4. The molecular weight excluding hydrogens is 259 g/mol. The van der Waals surface area contributed by atoms with Gasteiger partial charge in [-0.3, -0.25) is 4.98 Å². The van der Waals surface area contributed by atoms with Gasteiger partial charge in [0.15, 0.2) is 0 Å². The Hall–Kier alpha value is -2.43. The fourth-order valence-corrected chi connectivity index (χ4v) is 1.74. The number of hydrogen-bond acceptors (Lipinski definition) is 4. The molecule has 0 saturated heterocycles. The van der Waals surface area contributed by atoms with Crippen LogP contribution in [-0.2, 0) is 11.3 Å². The maximum Gasteiger partial charge on any atom is 0.339 e. The van der Waals surface area contributed by atoms with Crippen molar-refractivity contribution in [3.8, 4) is 0 Å². The fourth-order valence-electron chi connectivity index (χ4n) is 1.74. The largest absolute Gasteiger partial charge is 0.465 e. The first-order valence-corrected chi connectivity index (χ1v) is 6.13. The van der Waals surface area contributed by atoms with Gasteiger partial charge in [0.25, 0.3) is 0 Å². The number of halogens is 1. The number of carbonyl (C=O) groups is 1. The Labute approximate surface area is 116 Å². The molecule has 0 fully saturated rings. The van der Waals surface area contributed by atoms with E-state index in [1.54, 1.807) is 18.2 Å². The molecule has 0 amide bonds. The third-order valence-electron chi connectivity index (χ3n) is 2.91. The molecule has 0 aliphatic heterocycles. The Bertz CT molecular complexity index is 612. The molecule has 1 heterocycles. The number of benzene rings is 1. The van der Waals surface area contributed by atoms with Crippen LogP contribution >= 0.6 is 0 Å². The van der Waals surface area contributed by atoms with Crippen molar-refractivity contribution >= 4 is 11.7 Å². The summed E-state index contributed by atoms with van der Waals surface area (Å²) in [6.07, 6.45) is 1.46. The molecule has 0 atom stereocenters. The van der Waals surface area contributed by atoms with E-state index in [0.29, 0.717) is 12.1 Å². The number of aromatic nitrogens is 1. The molecule has 0 aliphatic rings. The van der Waals surface area contributed by atoms with Gasteiger partial charge in [0.2, 0.25) is 0 Å². The Balaban J connectivity index is 2.04. The molecule has 4 nitrogen and oxygen atoms in total. The minimum atomic E-state index is -0.419. The van der Waals surface area contributed by atoms with Crippen LogP contribution in [0.1, 0.15) is 21.6 Å². The van der Waals surface area contributed by atoms with Crippen molar-refractivity contribution in [3.63, 3.8) is 0 Å². The van der Waals surface area contributed by atoms with Gasteiger partial charge in [-0.25, -0.2) is 9.18 Å². The van der Waals surface area contributed by atoms with Crippen LogP contribution in [0.25, 0.3) is 0 Å². The first-order chi connectivity index (χ1) is 9.60. The zero-order valence-corrected chi connectivity index (χ0v) is 11.3. The number of pyridine rings is 1. The lowest BCUT2D eigenvalue weighted by molar-refractivity contribution is 0.0600. The van der Waals surface area contributed by atoms with Gasteiger partial charge in [-0.05, 0) is 36.8 Å². The summed E-state index contributed by atoms with van der Waals surface area (Å²) in [5.41, 5.74) is 2.83. The number of nitrogens with one attached hydrogen (secondary N) is 1. The molecule has 0 bridgehead atoms. The maximum atomic E-state index is 13.1. The highest BCUT2D eigenvalue weighted by Gasteiger charge is 2.06. The van der Waals surface area contributed by atoms with Crippen LogP contribution in [0.15, 0.2) is 36.5 Å². The predicted octanol–water partition coefficient (Wildman–Crippen LogP) is 2.93. The van der Waals surface area contributed by atoms with Crippen LogP contribution in [0, 0.1) is 12.7 Å². The van der Waals surface area contributed by atoms with E-state index in [0.717, 1.165) is 16.9 Å². The van der Waals surface area contributed by atoms with E-state index < -0.39 is 5.97 Å². The Kier molecular flexibility index (Phi) is 4.30. The quantitative estimate of drug-likeness (QED) is 0.871. The number of methoxy groups -OCH3 is 1. The average molecular weight is 274 g/mol. The number of esters is 1. The normalized spacial score (nSPS) is 10.2. The van der Waals surface area contributed by atoms with Gasteiger partial charge in [0.1, 0.15) is 5.82 Å². The Morgan fingerprint density at radius 1 is 1.35 bits per heavy atom. The first-order valence-electron chi connectivity index (χ1n) is 6.13. The summed E-state index contributed by atoms with van der Waals surface area (Å²) in [6.45, 7) is 2.35. The van der Waals surface area contributed by atoms with E-state index in [1.165, 1.54) is 25.4 Å². The number of ether oxygens (including phenoxy) is 1. The third kappa shape index (κ3) is 3.32. The van der Waals surface area contributed by atoms with E-state index >= 15 is 0 Å². The minimum Gasteiger partial charge on any atom is -0.465 e. The van der Waals surface area contributed by atoms with Gasteiger partial charge in [-0.2, -0.15) is 0 Å². The van der Waals surface area contributed by atoms with Crippen LogP contribution in [0.5, 0.6) is 0 Å². The van der Waals surface area contributed by atoms with E-state index in [4.69, 9.17) is 0 Å². The summed E-state index contributed by atoms with van der Waals surface area (Å²) in [7, 11) is 1.32. The molecule has 1 aromatic carbocycles. The van der Waals surface area contributed by atoms with Gasteiger partial charge >= 0.3 is 5.97 Å². The Morgan fingerprint density at radius 3 is 2.80 bits per heavy atom. The van der Waals surface area contributed by atoms with E-state index in [-0.39, 0.29) is 5.82 Å².